The van der Waals surface area contributed by atoms with Gasteiger partial charge in [-0.15, -0.1) is 0 Å². The average Bonchev–Trinajstić information content (AvgIpc) is 2.60. The summed E-state index contributed by atoms with van der Waals surface area (Å²) in [6.07, 6.45) is 1.25. The molecule has 0 aliphatic heterocycles. The Kier molecular flexibility index (Phi) is 5.99. The van der Waals surface area contributed by atoms with E-state index in [-0.39, 0.29) is 23.6 Å². The number of ether oxygens (including phenoxy) is 2. The smallest absolute Gasteiger partial charge is 0.406 e. The fraction of sp³-hybridized carbons (Fsp3) is 0.188. The van der Waals surface area contributed by atoms with Crippen LogP contribution in [0.4, 0.5) is 11.5 Å². The third-order valence-electron chi connectivity index (χ3n) is 2.98. The van der Waals surface area contributed by atoms with Crippen LogP contribution >= 0.6 is 0 Å². The minimum Gasteiger partial charge on any atom is -0.476 e. The number of nitrogens with zero attached hydrogens (tertiary/aromatic N) is 2. The van der Waals surface area contributed by atoms with Crippen molar-refractivity contribution in [3.63, 3.8) is 0 Å². The number of aromatic nitrogens is 1. The lowest BCUT2D eigenvalue weighted by atomic mass is 10.2. The Bertz CT molecular complexity index is 793. The predicted molar refractivity (Wildman–Crippen MR) is 87.4 cm³/mol. The first-order chi connectivity index (χ1) is 12.0. The van der Waals surface area contributed by atoms with Crippen molar-refractivity contribution in [3.8, 4) is 5.75 Å². The number of hydrogen-bond acceptors (Lipinski definition) is 7. The molecule has 2 rings (SSSR count). The highest BCUT2D eigenvalue weighted by Gasteiger charge is 2.18. The molecule has 0 aliphatic rings. The van der Waals surface area contributed by atoms with Crippen LogP contribution < -0.4 is 10.1 Å². The fourth-order valence-corrected chi connectivity index (χ4v) is 1.94. The number of pyridine rings is 1. The molecule has 1 aromatic heterocycles. The van der Waals surface area contributed by atoms with Gasteiger partial charge in [-0.25, -0.2) is 4.79 Å². The number of nitrogens with one attached hydrogen (secondary N) is 1. The van der Waals surface area contributed by atoms with Crippen molar-refractivity contribution < 1.29 is 24.0 Å². The third kappa shape index (κ3) is 4.74. The van der Waals surface area contributed by atoms with Crippen LogP contribution in [0.5, 0.6) is 5.75 Å². The molecular weight excluding hydrogens is 330 g/mol. The molecule has 1 heterocycles. The summed E-state index contributed by atoms with van der Waals surface area (Å²) in [6.45, 7) is 1.40. The quantitative estimate of drug-likeness (QED) is 0.464. The predicted octanol–water partition coefficient (Wildman–Crippen LogP) is 2.18. The Morgan fingerprint density at radius 1 is 1.24 bits per heavy atom. The van der Waals surface area contributed by atoms with Gasteiger partial charge in [0.15, 0.2) is 6.61 Å². The molecule has 9 heteroatoms. The van der Waals surface area contributed by atoms with Crippen LogP contribution in [0.15, 0.2) is 42.6 Å². The summed E-state index contributed by atoms with van der Waals surface area (Å²) in [7, 11) is 0. The van der Waals surface area contributed by atoms with Gasteiger partial charge in [0.05, 0.1) is 17.9 Å². The first-order valence-electron chi connectivity index (χ1n) is 7.31. The molecule has 130 valence electrons. The van der Waals surface area contributed by atoms with Gasteiger partial charge in [0.25, 0.3) is 5.91 Å². The van der Waals surface area contributed by atoms with E-state index in [4.69, 9.17) is 9.47 Å². The van der Waals surface area contributed by atoms with Crippen LogP contribution in [0.1, 0.15) is 17.3 Å². The summed E-state index contributed by atoms with van der Waals surface area (Å²) >= 11 is 0. The molecule has 0 aliphatic carbocycles. The van der Waals surface area contributed by atoms with Crippen molar-refractivity contribution in [2.75, 3.05) is 18.5 Å². The number of para-hydroxylation sites is 1. The van der Waals surface area contributed by atoms with Crippen molar-refractivity contribution in [1.29, 1.82) is 0 Å². The molecule has 1 N–H and O–H groups in total. The number of anilines is 1. The Morgan fingerprint density at radius 3 is 2.72 bits per heavy atom. The monoisotopic (exact) mass is 345 g/mol. The van der Waals surface area contributed by atoms with Crippen LogP contribution in [0, 0.1) is 10.1 Å². The first kappa shape index (κ1) is 17.9. The number of nitro groups is 1. The molecule has 0 fully saturated rings. The molecule has 0 saturated heterocycles. The molecule has 9 nitrogen and oxygen atoms in total. The molecule has 2 aromatic rings. The molecular formula is C16H15N3O6. The summed E-state index contributed by atoms with van der Waals surface area (Å²) in [4.78, 5) is 37.6. The van der Waals surface area contributed by atoms with E-state index < -0.39 is 29.2 Å². The van der Waals surface area contributed by atoms with Gasteiger partial charge in [0, 0.05) is 0 Å². The third-order valence-corrected chi connectivity index (χ3v) is 2.98. The van der Waals surface area contributed by atoms with E-state index in [9.17, 15) is 19.7 Å². The fourth-order valence-electron chi connectivity index (χ4n) is 1.94. The van der Waals surface area contributed by atoms with Gasteiger partial charge in [-0.1, -0.05) is 12.1 Å². The minimum atomic E-state index is -0.705. The Labute approximate surface area is 142 Å². The minimum absolute atomic E-state index is 0.124. The molecule has 0 atom stereocenters. The highest BCUT2D eigenvalue weighted by molar-refractivity contribution is 6.01. The van der Waals surface area contributed by atoms with Crippen LogP contribution in [0.25, 0.3) is 0 Å². The van der Waals surface area contributed by atoms with Crippen LogP contribution in [-0.2, 0) is 9.53 Å². The van der Waals surface area contributed by atoms with Crippen molar-refractivity contribution in [2.45, 2.75) is 6.92 Å². The Hall–Kier alpha value is -3.49. The van der Waals surface area contributed by atoms with Gasteiger partial charge in [0.2, 0.25) is 5.75 Å². The summed E-state index contributed by atoms with van der Waals surface area (Å²) in [6, 6.07) is 9.13. The SMILES string of the molecule is CCOC(=O)c1ccccc1NC(=O)COc1cccnc1[N+](=O)[O-]. The van der Waals surface area contributed by atoms with Crippen LogP contribution in [0.3, 0.4) is 0 Å². The van der Waals surface area contributed by atoms with E-state index in [1.54, 1.807) is 19.1 Å². The van der Waals surface area contributed by atoms with E-state index in [0.29, 0.717) is 0 Å². The van der Waals surface area contributed by atoms with Gasteiger partial charge in [-0.05, 0) is 41.1 Å². The second kappa shape index (κ2) is 8.39. The normalized spacial score (nSPS) is 9.96. The number of esters is 1. The number of amides is 1. The second-order valence-electron chi connectivity index (χ2n) is 4.69. The molecule has 1 aromatic carbocycles. The maximum atomic E-state index is 12.0. The lowest BCUT2D eigenvalue weighted by molar-refractivity contribution is -0.390. The molecule has 0 spiro atoms. The number of rotatable bonds is 7. The number of hydrogen-bond donors (Lipinski definition) is 1. The molecule has 0 unspecified atom stereocenters. The lowest BCUT2D eigenvalue weighted by Crippen LogP contribution is -2.22. The highest BCUT2D eigenvalue weighted by atomic mass is 16.6. The zero-order chi connectivity index (χ0) is 18.2. The standard InChI is InChI=1S/C16H15N3O6/c1-2-24-16(21)11-6-3-4-7-12(11)18-14(20)10-25-13-8-5-9-17-15(13)19(22)23/h3-9H,2,10H2,1H3,(H,18,20). The zero-order valence-corrected chi connectivity index (χ0v) is 13.3. The van der Waals surface area contributed by atoms with Gasteiger partial charge >= 0.3 is 11.8 Å². The summed E-state index contributed by atoms with van der Waals surface area (Å²) < 4.78 is 10.1. The maximum absolute atomic E-state index is 12.0. The average molecular weight is 345 g/mol. The first-order valence-corrected chi connectivity index (χ1v) is 7.31. The van der Waals surface area contributed by atoms with Gasteiger partial charge < -0.3 is 24.9 Å². The zero-order valence-electron chi connectivity index (χ0n) is 13.3. The second-order valence-corrected chi connectivity index (χ2v) is 4.69. The molecule has 0 saturated carbocycles. The molecule has 0 bridgehead atoms. The van der Waals surface area contributed by atoms with Crippen molar-refractivity contribution in [2.24, 2.45) is 0 Å². The van der Waals surface area contributed by atoms with E-state index >= 15 is 0 Å². The van der Waals surface area contributed by atoms with E-state index in [0.717, 1.165) is 0 Å². The van der Waals surface area contributed by atoms with E-state index in [2.05, 4.69) is 10.3 Å². The van der Waals surface area contributed by atoms with Crippen molar-refractivity contribution >= 4 is 23.4 Å². The van der Waals surface area contributed by atoms with Crippen molar-refractivity contribution in [3.05, 3.63) is 58.3 Å². The van der Waals surface area contributed by atoms with Gasteiger partial charge in [-0.2, -0.15) is 0 Å². The highest BCUT2D eigenvalue weighted by Crippen LogP contribution is 2.23. The van der Waals surface area contributed by atoms with E-state index in [1.165, 1.54) is 30.5 Å². The largest absolute Gasteiger partial charge is 0.476 e. The number of carbonyl (C=O) groups excluding carboxylic acids is 2. The number of carbonyl (C=O) groups is 2. The Balaban J connectivity index is 2.05. The molecule has 1 amide bonds. The van der Waals surface area contributed by atoms with Crippen LogP contribution in [0.2, 0.25) is 0 Å². The van der Waals surface area contributed by atoms with Crippen molar-refractivity contribution in [1.82, 2.24) is 4.98 Å². The molecule has 0 radical (unpaired) electrons. The lowest BCUT2D eigenvalue weighted by Gasteiger charge is -2.11. The summed E-state index contributed by atoms with van der Waals surface area (Å²) in [5.41, 5.74) is 0.459. The summed E-state index contributed by atoms with van der Waals surface area (Å²) in [5.74, 6) is -1.76. The van der Waals surface area contributed by atoms with Gasteiger partial charge in [-0.3, -0.25) is 4.79 Å². The summed E-state index contributed by atoms with van der Waals surface area (Å²) in [5, 5.41) is 13.4. The number of benzene rings is 1. The molecule has 25 heavy (non-hydrogen) atoms. The maximum Gasteiger partial charge on any atom is 0.406 e. The Morgan fingerprint density at radius 2 is 2.00 bits per heavy atom. The topological polar surface area (TPSA) is 121 Å². The van der Waals surface area contributed by atoms with Gasteiger partial charge in [0.1, 0.15) is 6.20 Å². The van der Waals surface area contributed by atoms with Crippen LogP contribution in [-0.4, -0.2) is 35.0 Å². The van der Waals surface area contributed by atoms with E-state index in [1.807, 2.05) is 0 Å².